The third-order valence-electron chi connectivity index (χ3n) is 3.59. The highest BCUT2D eigenvalue weighted by Gasteiger charge is 2.14. The maximum Gasteiger partial charge on any atom is 0.220 e. The van der Waals surface area contributed by atoms with Crippen LogP contribution in [-0.2, 0) is 11.2 Å². The highest BCUT2D eigenvalue weighted by molar-refractivity contribution is 5.76. The van der Waals surface area contributed by atoms with Crippen molar-refractivity contribution in [1.29, 1.82) is 0 Å². The molecule has 1 amide bonds. The second-order valence-corrected chi connectivity index (χ2v) is 5.02. The van der Waals surface area contributed by atoms with Gasteiger partial charge in [-0.2, -0.15) is 0 Å². The molecule has 1 aromatic carbocycles. The van der Waals surface area contributed by atoms with Crippen molar-refractivity contribution in [3.05, 3.63) is 35.4 Å². The van der Waals surface area contributed by atoms with Gasteiger partial charge in [-0.15, -0.1) is 0 Å². The van der Waals surface area contributed by atoms with E-state index in [2.05, 4.69) is 29.7 Å². The Balaban J connectivity index is 1.69. The van der Waals surface area contributed by atoms with Gasteiger partial charge in [0.15, 0.2) is 0 Å². The van der Waals surface area contributed by atoms with Gasteiger partial charge in [0.05, 0.1) is 0 Å². The van der Waals surface area contributed by atoms with Crippen LogP contribution in [0.5, 0.6) is 0 Å². The molecule has 3 nitrogen and oxygen atoms in total. The lowest BCUT2D eigenvalue weighted by atomic mass is 10.0. The number of benzene rings is 1. The molecule has 0 saturated carbocycles. The van der Waals surface area contributed by atoms with Crippen LogP contribution < -0.4 is 10.6 Å². The summed E-state index contributed by atoms with van der Waals surface area (Å²) in [4.78, 5) is 11.7. The van der Waals surface area contributed by atoms with Gasteiger partial charge in [0.1, 0.15) is 0 Å². The largest absolute Gasteiger partial charge is 0.355 e. The lowest BCUT2D eigenvalue weighted by molar-refractivity contribution is -0.121. The maximum atomic E-state index is 11.7. The van der Waals surface area contributed by atoms with E-state index in [0.717, 1.165) is 19.5 Å². The Bertz CT molecular complexity index is 397. The second-order valence-electron chi connectivity index (χ2n) is 5.02. The van der Waals surface area contributed by atoms with Crippen LogP contribution >= 0.6 is 0 Å². The molecule has 0 radical (unpaired) electrons. The van der Waals surface area contributed by atoms with Crippen LogP contribution in [0.25, 0.3) is 0 Å². The summed E-state index contributed by atoms with van der Waals surface area (Å²) in [7, 11) is 0. The van der Waals surface area contributed by atoms with Gasteiger partial charge in [-0.3, -0.25) is 4.79 Å². The van der Waals surface area contributed by atoms with Crippen molar-refractivity contribution in [2.24, 2.45) is 0 Å². The number of hydrogen-bond acceptors (Lipinski definition) is 2. The minimum atomic E-state index is 0.159. The first kappa shape index (κ1) is 13.1. The third kappa shape index (κ3) is 3.84. The number of carbonyl (C=O) groups is 1. The number of aryl methyl sites for hydroxylation is 2. The van der Waals surface area contributed by atoms with Gasteiger partial charge in [0.2, 0.25) is 5.91 Å². The predicted molar refractivity (Wildman–Crippen MR) is 73.5 cm³/mol. The number of hydrogen-bond donors (Lipinski definition) is 2. The molecule has 1 saturated heterocycles. The zero-order chi connectivity index (χ0) is 12.8. The van der Waals surface area contributed by atoms with Gasteiger partial charge in [-0.25, -0.2) is 0 Å². The summed E-state index contributed by atoms with van der Waals surface area (Å²) in [5.41, 5.74) is 2.54. The topological polar surface area (TPSA) is 41.1 Å². The molecule has 0 aromatic heterocycles. The van der Waals surface area contributed by atoms with Crippen LogP contribution in [0, 0.1) is 6.92 Å². The Morgan fingerprint density at radius 2 is 2.28 bits per heavy atom. The Morgan fingerprint density at radius 1 is 1.44 bits per heavy atom. The van der Waals surface area contributed by atoms with Crippen molar-refractivity contribution in [3.63, 3.8) is 0 Å². The van der Waals surface area contributed by atoms with Crippen LogP contribution in [0.4, 0.5) is 0 Å². The molecule has 1 aliphatic rings. The van der Waals surface area contributed by atoms with Crippen molar-refractivity contribution >= 4 is 5.91 Å². The molecule has 0 spiro atoms. The quantitative estimate of drug-likeness (QED) is 0.831. The van der Waals surface area contributed by atoms with E-state index < -0.39 is 0 Å². The fourth-order valence-electron chi connectivity index (χ4n) is 2.40. The number of nitrogens with one attached hydrogen (secondary N) is 2. The molecule has 1 aliphatic heterocycles. The summed E-state index contributed by atoms with van der Waals surface area (Å²) < 4.78 is 0. The van der Waals surface area contributed by atoms with E-state index in [0.29, 0.717) is 12.5 Å². The van der Waals surface area contributed by atoms with Crippen LogP contribution in [0.1, 0.15) is 30.4 Å². The molecule has 1 fully saturated rings. The molecule has 0 bridgehead atoms. The van der Waals surface area contributed by atoms with E-state index in [1.165, 1.54) is 24.0 Å². The predicted octanol–water partition coefficient (Wildman–Crippen LogP) is 1.80. The third-order valence-corrected chi connectivity index (χ3v) is 3.59. The van der Waals surface area contributed by atoms with Crippen LogP contribution in [0.15, 0.2) is 24.3 Å². The average molecular weight is 246 g/mol. The first-order valence-electron chi connectivity index (χ1n) is 6.80. The molecule has 18 heavy (non-hydrogen) atoms. The molecular weight excluding hydrogens is 224 g/mol. The van der Waals surface area contributed by atoms with Crippen molar-refractivity contribution in [2.45, 2.75) is 38.6 Å². The molecule has 2 rings (SSSR count). The summed E-state index contributed by atoms with van der Waals surface area (Å²) in [6, 6.07) is 8.73. The van der Waals surface area contributed by atoms with Gasteiger partial charge in [-0.05, 0) is 43.9 Å². The normalized spacial score (nSPS) is 18.8. The zero-order valence-corrected chi connectivity index (χ0v) is 11.0. The number of amides is 1. The summed E-state index contributed by atoms with van der Waals surface area (Å²) >= 11 is 0. The van der Waals surface area contributed by atoms with Gasteiger partial charge in [0.25, 0.3) is 0 Å². The highest BCUT2D eigenvalue weighted by Crippen LogP contribution is 2.09. The second kappa shape index (κ2) is 6.55. The van der Waals surface area contributed by atoms with E-state index in [1.54, 1.807) is 0 Å². The molecule has 1 aromatic rings. The van der Waals surface area contributed by atoms with E-state index in [1.807, 2.05) is 12.1 Å². The number of carbonyl (C=O) groups excluding carboxylic acids is 1. The van der Waals surface area contributed by atoms with Crippen LogP contribution in [0.3, 0.4) is 0 Å². The van der Waals surface area contributed by atoms with Crippen molar-refractivity contribution in [2.75, 3.05) is 13.1 Å². The first-order chi connectivity index (χ1) is 8.75. The minimum absolute atomic E-state index is 0.159. The average Bonchev–Trinajstić information content (AvgIpc) is 2.88. The smallest absolute Gasteiger partial charge is 0.220 e. The van der Waals surface area contributed by atoms with Gasteiger partial charge >= 0.3 is 0 Å². The Hall–Kier alpha value is -1.35. The standard InChI is InChI=1S/C15H22N2O/c1-12-5-2-3-6-13(12)8-9-15(18)17-11-14-7-4-10-16-14/h2-3,5-6,14,16H,4,7-11H2,1H3,(H,17,18). The molecule has 98 valence electrons. The summed E-state index contributed by atoms with van der Waals surface area (Å²) in [6.07, 6.45) is 3.82. The Morgan fingerprint density at radius 3 is 3.00 bits per heavy atom. The molecule has 3 heteroatoms. The minimum Gasteiger partial charge on any atom is -0.355 e. The van der Waals surface area contributed by atoms with Gasteiger partial charge in [0, 0.05) is 19.0 Å². The van der Waals surface area contributed by atoms with E-state index in [9.17, 15) is 4.79 Å². The monoisotopic (exact) mass is 246 g/mol. The molecule has 0 aliphatic carbocycles. The van der Waals surface area contributed by atoms with E-state index >= 15 is 0 Å². The zero-order valence-electron chi connectivity index (χ0n) is 11.0. The fourth-order valence-corrected chi connectivity index (χ4v) is 2.40. The van der Waals surface area contributed by atoms with Gasteiger partial charge < -0.3 is 10.6 Å². The van der Waals surface area contributed by atoms with Crippen molar-refractivity contribution in [3.8, 4) is 0 Å². The highest BCUT2D eigenvalue weighted by atomic mass is 16.1. The lowest BCUT2D eigenvalue weighted by Crippen LogP contribution is -2.37. The van der Waals surface area contributed by atoms with E-state index in [-0.39, 0.29) is 5.91 Å². The summed E-state index contributed by atoms with van der Waals surface area (Å²) in [5, 5.41) is 6.39. The summed E-state index contributed by atoms with van der Waals surface area (Å²) in [5.74, 6) is 0.159. The Labute approximate surface area is 109 Å². The molecular formula is C15H22N2O. The first-order valence-corrected chi connectivity index (χ1v) is 6.80. The number of rotatable bonds is 5. The SMILES string of the molecule is Cc1ccccc1CCC(=O)NCC1CCCN1. The van der Waals surface area contributed by atoms with E-state index in [4.69, 9.17) is 0 Å². The summed E-state index contributed by atoms with van der Waals surface area (Å²) in [6.45, 7) is 3.95. The van der Waals surface area contributed by atoms with Gasteiger partial charge in [-0.1, -0.05) is 24.3 Å². The van der Waals surface area contributed by atoms with Crippen molar-refractivity contribution < 1.29 is 4.79 Å². The van der Waals surface area contributed by atoms with Crippen LogP contribution in [-0.4, -0.2) is 25.0 Å². The fraction of sp³-hybridized carbons (Fsp3) is 0.533. The molecule has 2 N–H and O–H groups in total. The molecule has 1 heterocycles. The lowest BCUT2D eigenvalue weighted by Gasteiger charge is -2.11. The molecule has 1 unspecified atom stereocenters. The Kier molecular flexibility index (Phi) is 4.76. The maximum absolute atomic E-state index is 11.7. The van der Waals surface area contributed by atoms with Crippen LogP contribution in [0.2, 0.25) is 0 Å². The molecule has 1 atom stereocenters. The van der Waals surface area contributed by atoms with Crippen molar-refractivity contribution in [1.82, 2.24) is 10.6 Å².